The summed E-state index contributed by atoms with van der Waals surface area (Å²) in [4.78, 5) is 12.4. The van der Waals surface area contributed by atoms with E-state index in [1.54, 1.807) is 0 Å². The fraction of sp³-hybridized carbons (Fsp3) is 0.412. The second-order valence-electron chi connectivity index (χ2n) is 5.73. The second-order valence-corrected chi connectivity index (χ2v) is 5.73. The number of benzene rings is 1. The first-order valence-corrected chi connectivity index (χ1v) is 7.68. The molecule has 2 N–H and O–H groups in total. The molecule has 0 unspecified atom stereocenters. The van der Waals surface area contributed by atoms with Gasteiger partial charge in [-0.25, -0.2) is 0 Å². The van der Waals surface area contributed by atoms with Gasteiger partial charge in [-0.05, 0) is 36.8 Å². The third-order valence-electron chi connectivity index (χ3n) is 3.92. The van der Waals surface area contributed by atoms with E-state index < -0.39 is 0 Å². The van der Waals surface area contributed by atoms with Gasteiger partial charge in [-0.3, -0.25) is 9.89 Å². The average Bonchev–Trinajstić information content (AvgIpc) is 3.24. The van der Waals surface area contributed by atoms with E-state index in [4.69, 9.17) is 0 Å². The highest BCUT2D eigenvalue weighted by atomic mass is 16.2. The van der Waals surface area contributed by atoms with Gasteiger partial charge in [0.05, 0.1) is 6.04 Å². The van der Waals surface area contributed by atoms with Gasteiger partial charge in [0, 0.05) is 5.69 Å². The second kappa shape index (κ2) is 6.12. The summed E-state index contributed by atoms with van der Waals surface area (Å²) in [5.74, 6) is 0.472. The van der Waals surface area contributed by atoms with Crippen molar-refractivity contribution in [3.05, 3.63) is 53.3 Å². The number of rotatable bonds is 6. The molecule has 1 saturated carbocycles. The lowest BCUT2D eigenvalue weighted by Crippen LogP contribution is -2.30. The lowest BCUT2D eigenvalue weighted by atomic mass is 10.0. The maximum Gasteiger partial charge on any atom is 0.272 e. The zero-order chi connectivity index (χ0) is 14.7. The van der Waals surface area contributed by atoms with Crippen molar-refractivity contribution in [3.8, 4) is 0 Å². The molecule has 1 fully saturated rings. The van der Waals surface area contributed by atoms with Crippen LogP contribution in [0.1, 0.15) is 54.0 Å². The van der Waals surface area contributed by atoms with Crippen molar-refractivity contribution in [3.63, 3.8) is 0 Å². The first-order valence-electron chi connectivity index (χ1n) is 7.68. The number of hydrogen-bond acceptors (Lipinski definition) is 2. The number of nitrogens with one attached hydrogen (secondary N) is 2. The SMILES string of the molecule is CCCc1cc(C(=O)N[C@H](c2ccccc2)C2CC2)n[nH]1. The number of carbonyl (C=O) groups is 1. The molecule has 2 aromatic rings. The number of aromatic amines is 1. The Kier molecular flexibility index (Phi) is 4.04. The molecule has 1 atom stereocenters. The third-order valence-corrected chi connectivity index (χ3v) is 3.92. The molecule has 0 radical (unpaired) electrons. The van der Waals surface area contributed by atoms with E-state index in [0.717, 1.165) is 18.5 Å². The molecule has 0 saturated heterocycles. The normalized spacial score (nSPS) is 15.7. The van der Waals surface area contributed by atoms with Crippen LogP contribution in [0.2, 0.25) is 0 Å². The molecular formula is C17H21N3O. The van der Waals surface area contributed by atoms with Crippen LogP contribution in [0.25, 0.3) is 0 Å². The van der Waals surface area contributed by atoms with E-state index in [1.165, 1.54) is 18.4 Å². The lowest BCUT2D eigenvalue weighted by molar-refractivity contribution is 0.0926. The summed E-state index contributed by atoms with van der Waals surface area (Å²) >= 11 is 0. The van der Waals surface area contributed by atoms with Crippen LogP contribution in [0.5, 0.6) is 0 Å². The van der Waals surface area contributed by atoms with Gasteiger partial charge in [-0.15, -0.1) is 0 Å². The van der Waals surface area contributed by atoms with Gasteiger partial charge < -0.3 is 5.32 Å². The molecule has 4 heteroatoms. The molecule has 21 heavy (non-hydrogen) atoms. The number of nitrogens with zero attached hydrogens (tertiary/aromatic N) is 1. The largest absolute Gasteiger partial charge is 0.344 e. The van der Waals surface area contributed by atoms with Crippen LogP contribution in [-0.4, -0.2) is 16.1 Å². The minimum absolute atomic E-state index is 0.0886. The Bertz CT molecular complexity index is 602. The maximum absolute atomic E-state index is 12.4. The summed E-state index contributed by atoms with van der Waals surface area (Å²) in [5.41, 5.74) is 2.68. The highest BCUT2D eigenvalue weighted by molar-refractivity contribution is 5.92. The summed E-state index contributed by atoms with van der Waals surface area (Å²) in [6.45, 7) is 2.11. The Labute approximate surface area is 125 Å². The zero-order valence-corrected chi connectivity index (χ0v) is 12.3. The molecule has 110 valence electrons. The number of amides is 1. The summed E-state index contributed by atoms with van der Waals surface area (Å²) < 4.78 is 0. The Hall–Kier alpha value is -2.10. The molecule has 4 nitrogen and oxygen atoms in total. The quantitative estimate of drug-likeness (QED) is 0.855. The topological polar surface area (TPSA) is 57.8 Å². The Morgan fingerprint density at radius 2 is 2.14 bits per heavy atom. The highest BCUT2D eigenvalue weighted by Crippen LogP contribution is 2.41. The average molecular weight is 283 g/mol. The summed E-state index contributed by atoms with van der Waals surface area (Å²) in [6.07, 6.45) is 4.33. The molecule has 0 aliphatic heterocycles. The predicted octanol–water partition coefficient (Wildman–Crippen LogP) is 3.24. The number of carbonyl (C=O) groups excluding carboxylic acids is 1. The number of aryl methyl sites for hydroxylation is 1. The van der Waals surface area contributed by atoms with Gasteiger partial charge in [0.1, 0.15) is 5.69 Å². The third kappa shape index (κ3) is 3.32. The summed E-state index contributed by atoms with van der Waals surface area (Å²) in [6, 6.07) is 12.2. The number of hydrogen-bond donors (Lipinski definition) is 2. The maximum atomic E-state index is 12.4. The van der Waals surface area contributed by atoms with Crippen LogP contribution in [0.15, 0.2) is 36.4 Å². The van der Waals surface area contributed by atoms with Crippen molar-refractivity contribution >= 4 is 5.91 Å². The zero-order valence-electron chi connectivity index (χ0n) is 12.3. The Balaban J connectivity index is 1.72. The minimum atomic E-state index is -0.0886. The highest BCUT2D eigenvalue weighted by Gasteiger charge is 2.33. The van der Waals surface area contributed by atoms with Crippen molar-refractivity contribution in [2.24, 2.45) is 5.92 Å². The molecule has 0 bridgehead atoms. The van der Waals surface area contributed by atoms with Gasteiger partial charge in [0.2, 0.25) is 0 Å². The van der Waals surface area contributed by atoms with Crippen LogP contribution in [0.4, 0.5) is 0 Å². The standard InChI is InChI=1S/C17H21N3O/c1-2-6-14-11-15(20-19-14)17(21)18-16(13-9-10-13)12-7-4-3-5-8-12/h3-5,7-8,11,13,16H,2,6,9-10H2,1H3,(H,18,21)(H,19,20)/t16-/m1/s1. The fourth-order valence-corrected chi connectivity index (χ4v) is 2.65. The van der Waals surface area contributed by atoms with Crippen LogP contribution in [-0.2, 0) is 6.42 Å². The molecule has 1 amide bonds. The molecular weight excluding hydrogens is 262 g/mol. The van der Waals surface area contributed by atoms with Gasteiger partial charge in [0.15, 0.2) is 0 Å². The minimum Gasteiger partial charge on any atom is -0.344 e. The van der Waals surface area contributed by atoms with E-state index >= 15 is 0 Å². The van der Waals surface area contributed by atoms with Gasteiger partial charge in [-0.2, -0.15) is 5.10 Å². The van der Waals surface area contributed by atoms with E-state index in [9.17, 15) is 4.79 Å². The van der Waals surface area contributed by atoms with Gasteiger partial charge >= 0.3 is 0 Å². The van der Waals surface area contributed by atoms with Gasteiger partial charge in [0.25, 0.3) is 5.91 Å². The van der Waals surface area contributed by atoms with Crippen molar-refractivity contribution in [2.45, 2.75) is 38.6 Å². The molecule has 1 aromatic carbocycles. The van der Waals surface area contributed by atoms with Crippen molar-refractivity contribution in [1.29, 1.82) is 0 Å². The van der Waals surface area contributed by atoms with Crippen molar-refractivity contribution in [1.82, 2.24) is 15.5 Å². The molecule has 1 aliphatic carbocycles. The van der Waals surface area contributed by atoms with Crippen LogP contribution in [0, 0.1) is 5.92 Å². The molecule has 1 heterocycles. The van der Waals surface area contributed by atoms with Crippen LogP contribution >= 0.6 is 0 Å². The number of H-pyrrole nitrogens is 1. The van der Waals surface area contributed by atoms with E-state index in [0.29, 0.717) is 11.6 Å². The summed E-state index contributed by atoms with van der Waals surface area (Å²) in [7, 11) is 0. The van der Waals surface area contributed by atoms with Crippen LogP contribution < -0.4 is 5.32 Å². The van der Waals surface area contributed by atoms with Gasteiger partial charge in [-0.1, -0.05) is 43.7 Å². The first kappa shape index (κ1) is 13.9. The van der Waals surface area contributed by atoms with Crippen molar-refractivity contribution < 1.29 is 4.79 Å². The van der Waals surface area contributed by atoms with E-state index in [2.05, 4.69) is 34.6 Å². The Morgan fingerprint density at radius 1 is 1.38 bits per heavy atom. The first-order chi connectivity index (χ1) is 10.3. The Morgan fingerprint density at radius 3 is 2.81 bits per heavy atom. The number of aromatic nitrogens is 2. The van der Waals surface area contributed by atoms with Crippen LogP contribution in [0.3, 0.4) is 0 Å². The van der Waals surface area contributed by atoms with E-state index in [-0.39, 0.29) is 11.9 Å². The fourth-order valence-electron chi connectivity index (χ4n) is 2.65. The molecule has 1 aliphatic rings. The molecule has 1 aromatic heterocycles. The lowest BCUT2D eigenvalue weighted by Gasteiger charge is -2.18. The molecule has 3 rings (SSSR count). The monoisotopic (exact) mass is 283 g/mol. The van der Waals surface area contributed by atoms with Crippen molar-refractivity contribution in [2.75, 3.05) is 0 Å². The van der Waals surface area contributed by atoms with E-state index in [1.807, 2.05) is 24.3 Å². The molecule has 0 spiro atoms. The smallest absolute Gasteiger partial charge is 0.272 e. The predicted molar refractivity (Wildman–Crippen MR) is 82.0 cm³/mol. The summed E-state index contributed by atoms with van der Waals surface area (Å²) in [5, 5.41) is 10.2.